The van der Waals surface area contributed by atoms with E-state index in [0.29, 0.717) is 43.9 Å². The molecule has 0 aromatic heterocycles. The van der Waals surface area contributed by atoms with Crippen LogP contribution in [0.2, 0.25) is 10.0 Å². The number of methoxy groups -OCH3 is 1. The van der Waals surface area contributed by atoms with Crippen LogP contribution in [0.15, 0.2) is 93.4 Å². The van der Waals surface area contributed by atoms with Crippen LogP contribution in [0.4, 0.5) is 10.5 Å². The third-order valence-electron chi connectivity index (χ3n) is 6.47. The molecule has 0 atom stereocenters. The number of ether oxygens (including phenoxy) is 3. The minimum Gasteiger partial charge on any atom is -0.493 e. The van der Waals surface area contributed by atoms with Gasteiger partial charge in [-0.25, -0.2) is 9.69 Å². The molecule has 4 aromatic carbocycles. The lowest BCUT2D eigenvalue weighted by Gasteiger charge is -2.26. The molecule has 12 heteroatoms. The van der Waals surface area contributed by atoms with Gasteiger partial charge in [0.1, 0.15) is 24.5 Å². The zero-order valence-electron chi connectivity index (χ0n) is 22.9. The van der Waals surface area contributed by atoms with Gasteiger partial charge < -0.3 is 14.2 Å². The maximum Gasteiger partial charge on any atom is 0.335 e. The number of barbiturate groups is 1. The molecule has 224 valence electrons. The molecule has 0 unspecified atom stereocenters. The summed E-state index contributed by atoms with van der Waals surface area (Å²) in [6.45, 7) is 0.478. The summed E-state index contributed by atoms with van der Waals surface area (Å²) >= 11 is 19.1. The molecule has 0 aliphatic carbocycles. The van der Waals surface area contributed by atoms with Crippen LogP contribution in [0.25, 0.3) is 6.08 Å². The minimum absolute atomic E-state index is 0.136. The predicted octanol–water partition coefficient (Wildman–Crippen LogP) is 8.35. The Morgan fingerprint density at radius 3 is 2.27 bits per heavy atom. The molecule has 5 rings (SSSR count). The highest BCUT2D eigenvalue weighted by atomic mass is 79.9. The topological polar surface area (TPSA) is 94.2 Å². The number of carbonyl (C=O) groups is 3. The van der Waals surface area contributed by atoms with Crippen molar-refractivity contribution in [3.8, 4) is 17.2 Å². The van der Waals surface area contributed by atoms with E-state index in [-0.39, 0.29) is 17.9 Å². The normalized spacial score (nSPS) is 14.1. The molecule has 1 N–H and O–H groups in total. The monoisotopic (exact) mass is 758 g/mol. The zero-order chi connectivity index (χ0) is 31.4. The van der Waals surface area contributed by atoms with Crippen molar-refractivity contribution in [2.24, 2.45) is 0 Å². The van der Waals surface area contributed by atoms with E-state index in [9.17, 15) is 14.4 Å². The summed E-state index contributed by atoms with van der Waals surface area (Å²) in [7, 11) is 1.46. The Labute approximate surface area is 279 Å². The van der Waals surface area contributed by atoms with Crippen LogP contribution < -0.4 is 24.4 Å². The standard InChI is InChI=1S/C32H22Br2Cl2N2O6/c1-42-28-14-19(13-26(34)29(28)44-17-20-4-7-22(35)15-27(20)36)12-25-30(39)37-32(41)38(31(25)40)23-8-10-24(11-9-23)43-16-18-2-5-21(33)6-3-18/h2-15H,16-17H2,1H3,(H,37,39,41)/b25-12+. The summed E-state index contributed by atoms with van der Waals surface area (Å²) in [5.41, 5.74) is 2.18. The number of imide groups is 2. The Bertz CT molecular complexity index is 1780. The largest absolute Gasteiger partial charge is 0.493 e. The van der Waals surface area contributed by atoms with Gasteiger partial charge in [0.2, 0.25) is 0 Å². The van der Waals surface area contributed by atoms with Crippen molar-refractivity contribution in [3.05, 3.63) is 120 Å². The predicted molar refractivity (Wildman–Crippen MR) is 175 cm³/mol. The van der Waals surface area contributed by atoms with Crippen LogP contribution in [0.1, 0.15) is 16.7 Å². The lowest BCUT2D eigenvalue weighted by Crippen LogP contribution is -2.54. The van der Waals surface area contributed by atoms with E-state index in [2.05, 4.69) is 37.2 Å². The number of carbonyl (C=O) groups excluding carboxylic acids is 3. The number of nitrogens with zero attached hydrogens (tertiary/aromatic N) is 1. The van der Waals surface area contributed by atoms with E-state index < -0.39 is 17.8 Å². The molecule has 1 aliphatic heterocycles. The molecule has 0 spiro atoms. The van der Waals surface area contributed by atoms with E-state index in [1.165, 1.54) is 13.2 Å². The van der Waals surface area contributed by atoms with Gasteiger partial charge in [-0.05, 0) is 93.8 Å². The molecule has 1 aliphatic rings. The summed E-state index contributed by atoms with van der Waals surface area (Å²) in [6.07, 6.45) is 1.37. The number of hydrogen-bond acceptors (Lipinski definition) is 6. The maximum absolute atomic E-state index is 13.4. The van der Waals surface area contributed by atoms with Crippen molar-refractivity contribution in [1.29, 1.82) is 0 Å². The van der Waals surface area contributed by atoms with Gasteiger partial charge in [-0.1, -0.05) is 57.3 Å². The molecular weight excluding hydrogens is 739 g/mol. The van der Waals surface area contributed by atoms with Crippen LogP contribution >= 0.6 is 55.1 Å². The van der Waals surface area contributed by atoms with Gasteiger partial charge in [-0.15, -0.1) is 0 Å². The lowest BCUT2D eigenvalue weighted by molar-refractivity contribution is -0.122. The van der Waals surface area contributed by atoms with Crippen LogP contribution in [0, 0.1) is 0 Å². The first-order valence-corrected chi connectivity index (χ1v) is 15.3. The molecule has 4 aromatic rings. The molecule has 1 heterocycles. The first-order chi connectivity index (χ1) is 21.1. The number of nitrogens with one attached hydrogen (secondary N) is 1. The second-order valence-corrected chi connectivity index (χ2v) is 12.0. The average Bonchev–Trinajstić information content (AvgIpc) is 2.99. The smallest absolute Gasteiger partial charge is 0.335 e. The summed E-state index contributed by atoms with van der Waals surface area (Å²) < 4.78 is 18.8. The Hall–Kier alpha value is -3.83. The number of benzene rings is 4. The van der Waals surface area contributed by atoms with Gasteiger partial charge in [0, 0.05) is 20.1 Å². The highest BCUT2D eigenvalue weighted by molar-refractivity contribution is 9.10. The van der Waals surface area contributed by atoms with Gasteiger partial charge in [0.05, 0.1) is 17.3 Å². The van der Waals surface area contributed by atoms with Crippen LogP contribution in [-0.4, -0.2) is 25.0 Å². The quantitative estimate of drug-likeness (QED) is 0.136. The van der Waals surface area contributed by atoms with Crippen molar-refractivity contribution in [2.45, 2.75) is 13.2 Å². The van der Waals surface area contributed by atoms with E-state index >= 15 is 0 Å². The fourth-order valence-electron chi connectivity index (χ4n) is 4.25. The SMILES string of the molecule is COc1cc(/C=C2\C(=O)NC(=O)N(c3ccc(OCc4ccc(Br)cc4)cc3)C2=O)cc(Br)c1OCc1ccc(Cl)cc1Cl. The van der Waals surface area contributed by atoms with E-state index in [0.717, 1.165) is 20.5 Å². The summed E-state index contributed by atoms with van der Waals surface area (Å²) in [5.74, 6) is -0.328. The van der Waals surface area contributed by atoms with Crippen molar-refractivity contribution >= 4 is 84.7 Å². The maximum atomic E-state index is 13.4. The van der Waals surface area contributed by atoms with Gasteiger partial charge in [-0.3, -0.25) is 14.9 Å². The number of rotatable bonds is 9. The van der Waals surface area contributed by atoms with E-state index in [1.54, 1.807) is 54.6 Å². The van der Waals surface area contributed by atoms with Crippen LogP contribution in [0.5, 0.6) is 17.2 Å². The molecule has 1 fully saturated rings. The van der Waals surface area contributed by atoms with Gasteiger partial charge >= 0.3 is 6.03 Å². The number of halogens is 4. The molecule has 4 amide bonds. The minimum atomic E-state index is -0.857. The number of hydrogen-bond donors (Lipinski definition) is 1. The van der Waals surface area contributed by atoms with E-state index in [4.69, 9.17) is 37.4 Å². The highest BCUT2D eigenvalue weighted by Crippen LogP contribution is 2.38. The van der Waals surface area contributed by atoms with Gasteiger partial charge in [0.15, 0.2) is 11.5 Å². The number of urea groups is 1. The number of amides is 4. The number of anilines is 1. The molecule has 1 saturated heterocycles. The zero-order valence-corrected chi connectivity index (χ0v) is 27.6. The first kappa shape index (κ1) is 31.6. The molecule has 44 heavy (non-hydrogen) atoms. The third kappa shape index (κ3) is 7.27. The Morgan fingerprint density at radius 2 is 1.59 bits per heavy atom. The second kappa shape index (κ2) is 13.9. The lowest BCUT2D eigenvalue weighted by atomic mass is 10.1. The Kier molecular flexibility index (Phi) is 9.95. The molecule has 0 bridgehead atoms. The molecule has 0 radical (unpaired) electrons. The Morgan fingerprint density at radius 1 is 0.864 bits per heavy atom. The summed E-state index contributed by atoms with van der Waals surface area (Å²) in [4.78, 5) is 39.8. The third-order valence-corrected chi connectivity index (χ3v) is 8.17. The first-order valence-electron chi connectivity index (χ1n) is 13.0. The Balaban J connectivity index is 1.34. The van der Waals surface area contributed by atoms with Crippen molar-refractivity contribution in [3.63, 3.8) is 0 Å². The van der Waals surface area contributed by atoms with Crippen molar-refractivity contribution in [1.82, 2.24) is 5.32 Å². The van der Waals surface area contributed by atoms with Crippen LogP contribution in [0.3, 0.4) is 0 Å². The molecule has 8 nitrogen and oxygen atoms in total. The summed E-state index contributed by atoms with van der Waals surface area (Å²) in [5, 5.41) is 3.20. The molecular formula is C32H22Br2Cl2N2O6. The highest BCUT2D eigenvalue weighted by Gasteiger charge is 2.37. The van der Waals surface area contributed by atoms with Crippen molar-refractivity contribution in [2.75, 3.05) is 12.0 Å². The fourth-order valence-corrected chi connectivity index (χ4v) is 5.55. The molecule has 0 saturated carbocycles. The van der Waals surface area contributed by atoms with Crippen molar-refractivity contribution < 1.29 is 28.6 Å². The second-order valence-electron chi connectivity index (χ2n) is 9.43. The van der Waals surface area contributed by atoms with E-state index in [1.807, 2.05) is 24.3 Å². The van der Waals surface area contributed by atoms with Gasteiger partial charge in [0.25, 0.3) is 11.8 Å². The fraction of sp³-hybridized carbons (Fsp3) is 0.0938. The summed E-state index contributed by atoms with van der Waals surface area (Å²) in [6, 6.07) is 21.6. The van der Waals surface area contributed by atoms with Gasteiger partial charge in [-0.2, -0.15) is 0 Å². The van der Waals surface area contributed by atoms with Crippen LogP contribution in [-0.2, 0) is 22.8 Å². The average molecular weight is 761 g/mol.